The molecule has 1 fully saturated rings. The van der Waals surface area contributed by atoms with E-state index in [2.05, 4.69) is 5.32 Å². The van der Waals surface area contributed by atoms with Gasteiger partial charge in [-0.2, -0.15) is 0 Å². The van der Waals surface area contributed by atoms with Crippen molar-refractivity contribution in [3.63, 3.8) is 0 Å². The Balaban J connectivity index is 2.14. The van der Waals surface area contributed by atoms with E-state index in [0.717, 1.165) is 0 Å². The number of rotatable bonds is 2. The lowest BCUT2D eigenvalue weighted by molar-refractivity contribution is -0.219. The van der Waals surface area contributed by atoms with Crippen LogP contribution in [0.5, 0.6) is 0 Å². The van der Waals surface area contributed by atoms with Gasteiger partial charge in [0.15, 0.2) is 6.29 Å². The Hall–Kier alpha value is -1.43. The Kier molecular flexibility index (Phi) is 3.89. The molecule has 1 saturated heterocycles. The molecule has 2 rings (SSSR count). The van der Waals surface area contributed by atoms with E-state index in [-0.39, 0.29) is 12.3 Å². The number of aliphatic hydroxyl groups excluding tert-OH is 2. The lowest BCUT2D eigenvalue weighted by Crippen LogP contribution is -2.63. The molecule has 5 nitrogen and oxygen atoms in total. The molecule has 4 atom stereocenters. The van der Waals surface area contributed by atoms with Crippen LogP contribution in [0.15, 0.2) is 30.3 Å². The van der Waals surface area contributed by atoms with Crippen molar-refractivity contribution in [2.24, 2.45) is 0 Å². The average Bonchev–Trinajstić information content (AvgIpc) is 2.36. The van der Waals surface area contributed by atoms with Gasteiger partial charge >= 0.3 is 0 Å². The highest BCUT2D eigenvalue weighted by atomic mass is 16.6. The van der Waals surface area contributed by atoms with Crippen LogP contribution in [-0.2, 0) is 4.74 Å². The second kappa shape index (κ2) is 5.28. The van der Waals surface area contributed by atoms with Crippen LogP contribution >= 0.6 is 0 Å². The summed E-state index contributed by atoms with van der Waals surface area (Å²) < 4.78 is 5.14. The fraction of sp³-hybridized carbons (Fsp3) is 0.500. The largest absolute Gasteiger partial charge is 0.388 e. The molecule has 104 valence electrons. The van der Waals surface area contributed by atoms with Crippen molar-refractivity contribution in [2.75, 3.05) is 0 Å². The van der Waals surface area contributed by atoms with Gasteiger partial charge in [0.1, 0.15) is 6.10 Å². The Bertz CT molecular complexity index is 450. The summed E-state index contributed by atoms with van der Waals surface area (Å²) in [5, 5.41) is 22.6. The predicted molar refractivity (Wildman–Crippen MR) is 69.5 cm³/mol. The zero-order valence-electron chi connectivity index (χ0n) is 11.0. The number of amides is 1. The van der Waals surface area contributed by atoms with Crippen LogP contribution in [0, 0.1) is 0 Å². The third kappa shape index (κ3) is 2.94. The van der Waals surface area contributed by atoms with Gasteiger partial charge in [0.2, 0.25) is 0 Å². The topological polar surface area (TPSA) is 78.8 Å². The van der Waals surface area contributed by atoms with Gasteiger partial charge in [-0.1, -0.05) is 18.2 Å². The number of nitrogens with one attached hydrogen (secondary N) is 1. The lowest BCUT2D eigenvalue weighted by atomic mass is 9.85. The SMILES string of the molecule is C[C@@H]1O[C@H](O)C[C@](C)(NC(=O)c2ccccc2)[C@@H]1O. The first-order valence-electron chi connectivity index (χ1n) is 6.31. The summed E-state index contributed by atoms with van der Waals surface area (Å²) >= 11 is 0. The number of carbonyl (C=O) groups is 1. The summed E-state index contributed by atoms with van der Waals surface area (Å²) in [5.41, 5.74) is -0.395. The molecule has 0 radical (unpaired) electrons. The van der Waals surface area contributed by atoms with Gasteiger partial charge in [-0.25, -0.2) is 0 Å². The maximum atomic E-state index is 12.1. The highest BCUT2D eigenvalue weighted by Gasteiger charge is 2.45. The summed E-state index contributed by atoms with van der Waals surface area (Å²) in [7, 11) is 0. The Labute approximate surface area is 112 Å². The predicted octanol–water partition coefficient (Wildman–Crippen LogP) is 0.663. The third-order valence-electron chi connectivity index (χ3n) is 3.50. The Morgan fingerprint density at radius 2 is 2.00 bits per heavy atom. The minimum atomic E-state index is -0.987. The van der Waals surface area contributed by atoms with Crippen molar-refractivity contribution in [3.8, 4) is 0 Å². The van der Waals surface area contributed by atoms with E-state index in [4.69, 9.17) is 4.74 Å². The summed E-state index contributed by atoms with van der Waals surface area (Å²) in [6, 6.07) is 8.77. The molecular weight excluding hydrogens is 246 g/mol. The first-order valence-corrected chi connectivity index (χ1v) is 6.31. The van der Waals surface area contributed by atoms with Crippen molar-refractivity contribution >= 4 is 5.91 Å². The van der Waals surface area contributed by atoms with Crippen molar-refractivity contribution in [1.82, 2.24) is 5.32 Å². The van der Waals surface area contributed by atoms with Gasteiger partial charge in [0, 0.05) is 12.0 Å². The first kappa shape index (κ1) is 14.0. The standard InChI is InChI=1S/C14H19NO4/c1-9-12(17)14(2,8-11(16)19-9)15-13(18)10-6-4-3-5-7-10/h3-7,9,11-12,16-17H,8H2,1-2H3,(H,15,18)/t9-,11-,12+,14-/m0/s1. The highest BCUT2D eigenvalue weighted by molar-refractivity contribution is 5.94. The molecular formula is C14H19NO4. The third-order valence-corrected chi connectivity index (χ3v) is 3.50. The van der Waals surface area contributed by atoms with E-state index in [1.807, 2.05) is 6.07 Å². The molecule has 1 aliphatic heterocycles. The molecule has 1 aromatic carbocycles. The van der Waals surface area contributed by atoms with Gasteiger partial charge < -0.3 is 20.3 Å². The van der Waals surface area contributed by atoms with Crippen LogP contribution in [0.2, 0.25) is 0 Å². The van der Waals surface area contributed by atoms with E-state index >= 15 is 0 Å². The van der Waals surface area contributed by atoms with Crippen molar-refractivity contribution in [3.05, 3.63) is 35.9 Å². The summed E-state index contributed by atoms with van der Waals surface area (Å²) in [6.45, 7) is 3.38. The zero-order chi connectivity index (χ0) is 14.0. The highest BCUT2D eigenvalue weighted by Crippen LogP contribution is 2.28. The van der Waals surface area contributed by atoms with Gasteiger partial charge in [0.05, 0.1) is 11.6 Å². The zero-order valence-corrected chi connectivity index (χ0v) is 11.0. The van der Waals surface area contributed by atoms with Gasteiger partial charge in [-0.05, 0) is 26.0 Å². The van der Waals surface area contributed by atoms with Crippen molar-refractivity contribution in [1.29, 1.82) is 0 Å². The smallest absolute Gasteiger partial charge is 0.251 e. The Morgan fingerprint density at radius 3 is 2.63 bits per heavy atom. The average molecular weight is 265 g/mol. The first-order chi connectivity index (χ1) is 8.92. The van der Waals surface area contributed by atoms with E-state index in [0.29, 0.717) is 5.56 Å². The van der Waals surface area contributed by atoms with Gasteiger partial charge in [0.25, 0.3) is 5.91 Å². The second-order valence-electron chi connectivity index (χ2n) is 5.18. The molecule has 0 unspecified atom stereocenters. The minimum Gasteiger partial charge on any atom is -0.388 e. The number of benzene rings is 1. The lowest BCUT2D eigenvalue weighted by Gasteiger charge is -2.44. The van der Waals surface area contributed by atoms with Gasteiger partial charge in [-0.15, -0.1) is 0 Å². The molecule has 0 aromatic heterocycles. The molecule has 0 aliphatic carbocycles. The molecule has 0 spiro atoms. The number of carbonyl (C=O) groups excluding carboxylic acids is 1. The van der Waals surface area contributed by atoms with E-state index in [1.165, 1.54) is 0 Å². The van der Waals surface area contributed by atoms with Crippen LogP contribution in [0.25, 0.3) is 0 Å². The number of aliphatic hydroxyl groups is 2. The van der Waals surface area contributed by atoms with Crippen LogP contribution in [0.1, 0.15) is 30.6 Å². The maximum Gasteiger partial charge on any atom is 0.251 e. The molecule has 0 saturated carbocycles. The molecule has 1 amide bonds. The molecule has 1 heterocycles. The number of hydrogen-bond donors (Lipinski definition) is 3. The van der Waals surface area contributed by atoms with Crippen LogP contribution in [0.3, 0.4) is 0 Å². The molecule has 3 N–H and O–H groups in total. The monoisotopic (exact) mass is 265 g/mol. The van der Waals surface area contributed by atoms with Crippen molar-refractivity contribution < 1.29 is 19.7 Å². The van der Waals surface area contributed by atoms with Crippen LogP contribution in [-0.4, -0.2) is 40.2 Å². The van der Waals surface area contributed by atoms with Crippen LogP contribution < -0.4 is 5.32 Å². The molecule has 19 heavy (non-hydrogen) atoms. The van der Waals surface area contributed by atoms with Gasteiger partial charge in [-0.3, -0.25) is 4.79 Å². The van der Waals surface area contributed by atoms with E-state index < -0.39 is 24.0 Å². The fourth-order valence-electron chi connectivity index (χ4n) is 2.42. The minimum absolute atomic E-state index is 0.150. The summed E-state index contributed by atoms with van der Waals surface area (Å²) in [6.07, 6.45) is -2.25. The Morgan fingerprint density at radius 1 is 1.37 bits per heavy atom. The van der Waals surface area contributed by atoms with Crippen LogP contribution in [0.4, 0.5) is 0 Å². The van der Waals surface area contributed by atoms with E-state index in [9.17, 15) is 15.0 Å². The fourth-order valence-corrected chi connectivity index (χ4v) is 2.42. The quantitative estimate of drug-likeness (QED) is 0.734. The molecule has 0 bridgehead atoms. The number of ether oxygens (including phenoxy) is 1. The number of hydrogen-bond acceptors (Lipinski definition) is 4. The maximum absolute atomic E-state index is 12.1. The molecule has 1 aromatic rings. The van der Waals surface area contributed by atoms with Crippen molar-refractivity contribution in [2.45, 2.75) is 44.3 Å². The summed E-state index contributed by atoms with van der Waals surface area (Å²) in [5.74, 6) is -0.275. The summed E-state index contributed by atoms with van der Waals surface area (Å²) in [4.78, 5) is 12.1. The normalized spacial score (nSPS) is 34.8. The molecule has 5 heteroatoms. The molecule has 1 aliphatic rings. The second-order valence-corrected chi connectivity index (χ2v) is 5.18. The van der Waals surface area contributed by atoms with E-state index in [1.54, 1.807) is 38.1 Å².